The van der Waals surface area contributed by atoms with E-state index in [9.17, 15) is 9.59 Å². The number of primary amides is 1. The molecule has 2 aromatic carbocycles. The van der Waals surface area contributed by atoms with Crippen LogP contribution in [0.5, 0.6) is 0 Å². The Balaban J connectivity index is 2.00. The normalized spacial score (nSPS) is 11.8. The van der Waals surface area contributed by atoms with E-state index in [1.807, 2.05) is 43.3 Å². The molecule has 0 aromatic heterocycles. The van der Waals surface area contributed by atoms with Crippen molar-refractivity contribution < 1.29 is 9.59 Å². The number of unbranched alkanes of at least 4 members (excludes halogenated alkanes) is 1. The Labute approximate surface area is 161 Å². The maximum atomic E-state index is 12.5. The van der Waals surface area contributed by atoms with Gasteiger partial charge in [0.25, 0.3) is 0 Å². The van der Waals surface area contributed by atoms with Crippen LogP contribution in [0.1, 0.15) is 49.7 Å². The maximum Gasteiger partial charge on any atom is 0.312 e. The van der Waals surface area contributed by atoms with Crippen LogP contribution in [0.2, 0.25) is 0 Å². The predicted molar refractivity (Wildman–Crippen MR) is 108 cm³/mol. The second kappa shape index (κ2) is 11.0. The van der Waals surface area contributed by atoms with Crippen LogP contribution in [-0.4, -0.2) is 24.5 Å². The second-order valence-electron chi connectivity index (χ2n) is 6.66. The van der Waals surface area contributed by atoms with Gasteiger partial charge in [-0.3, -0.25) is 4.79 Å². The lowest BCUT2D eigenvalue weighted by Crippen LogP contribution is -2.48. The molecule has 0 aliphatic rings. The lowest BCUT2D eigenvalue weighted by molar-refractivity contribution is -0.123. The van der Waals surface area contributed by atoms with Crippen LogP contribution in [0.25, 0.3) is 0 Å². The highest BCUT2D eigenvalue weighted by Crippen LogP contribution is 2.27. The van der Waals surface area contributed by atoms with E-state index in [-0.39, 0.29) is 11.8 Å². The third kappa shape index (κ3) is 6.77. The van der Waals surface area contributed by atoms with Crippen LogP contribution < -0.4 is 16.4 Å². The summed E-state index contributed by atoms with van der Waals surface area (Å²) in [5.74, 6) is 0.0213. The third-order valence-electron chi connectivity index (χ3n) is 4.62. The standard InChI is InChI=1S/C22H29N3O2/c1-2-3-14-20(25-22(23)27)21(26)24-16-15-19(17-10-6-4-7-11-17)18-12-8-5-9-13-18/h4-13,19-20H,2-3,14-16H2,1H3,(H,24,26)(H3,23,25,27). The molecule has 0 saturated heterocycles. The molecule has 3 amide bonds. The van der Waals surface area contributed by atoms with Crippen LogP contribution in [0.4, 0.5) is 4.79 Å². The lowest BCUT2D eigenvalue weighted by Gasteiger charge is -2.20. The summed E-state index contributed by atoms with van der Waals surface area (Å²) >= 11 is 0. The molecule has 1 atom stereocenters. The summed E-state index contributed by atoms with van der Waals surface area (Å²) in [6.07, 6.45) is 3.17. The SMILES string of the molecule is CCCCC(NC(N)=O)C(=O)NCCC(c1ccccc1)c1ccccc1. The molecule has 0 fully saturated rings. The number of carbonyl (C=O) groups excluding carboxylic acids is 2. The molecule has 5 nitrogen and oxygen atoms in total. The van der Waals surface area contributed by atoms with Gasteiger partial charge in [-0.1, -0.05) is 80.4 Å². The monoisotopic (exact) mass is 367 g/mol. The number of carbonyl (C=O) groups is 2. The molecule has 0 heterocycles. The average Bonchev–Trinajstić information content (AvgIpc) is 2.69. The van der Waals surface area contributed by atoms with E-state index in [1.54, 1.807) is 0 Å². The van der Waals surface area contributed by atoms with Crippen LogP contribution in [0.15, 0.2) is 60.7 Å². The summed E-state index contributed by atoms with van der Waals surface area (Å²) in [6, 6.07) is 19.3. The number of hydrogen-bond donors (Lipinski definition) is 3. The van der Waals surface area contributed by atoms with E-state index < -0.39 is 12.1 Å². The number of urea groups is 1. The molecule has 0 aliphatic heterocycles. The Morgan fingerprint density at radius 2 is 1.48 bits per heavy atom. The lowest BCUT2D eigenvalue weighted by atomic mass is 9.88. The first-order valence-electron chi connectivity index (χ1n) is 9.55. The largest absolute Gasteiger partial charge is 0.354 e. The van der Waals surface area contributed by atoms with Gasteiger partial charge in [-0.05, 0) is 24.0 Å². The molecule has 4 N–H and O–H groups in total. The summed E-state index contributed by atoms with van der Waals surface area (Å²) in [6.45, 7) is 2.57. The van der Waals surface area contributed by atoms with E-state index in [0.29, 0.717) is 13.0 Å². The van der Waals surface area contributed by atoms with Crippen molar-refractivity contribution >= 4 is 11.9 Å². The van der Waals surface area contributed by atoms with Crippen LogP contribution in [0, 0.1) is 0 Å². The molecule has 0 bridgehead atoms. The number of nitrogens with two attached hydrogens (primary N) is 1. The zero-order chi connectivity index (χ0) is 19.5. The summed E-state index contributed by atoms with van der Waals surface area (Å²) in [4.78, 5) is 23.6. The Morgan fingerprint density at radius 3 is 1.96 bits per heavy atom. The average molecular weight is 367 g/mol. The molecule has 2 aromatic rings. The molecule has 1 unspecified atom stereocenters. The fourth-order valence-corrected chi connectivity index (χ4v) is 3.21. The van der Waals surface area contributed by atoms with Crippen LogP contribution in [0.3, 0.4) is 0 Å². The zero-order valence-electron chi connectivity index (χ0n) is 15.9. The van der Waals surface area contributed by atoms with Crippen molar-refractivity contribution in [2.45, 2.75) is 44.6 Å². The molecule has 0 saturated carbocycles. The quantitative estimate of drug-likeness (QED) is 0.600. The van der Waals surface area contributed by atoms with Gasteiger partial charge in [-0.25, -0.2) is 4.79 Å². The molecule has 27 heavy (non-hydrogen) atoms. The fraction of sp³-hybridized carbons (Fsp3) is 0.364. The van der Waals surface area contributed by atoms with Gasteiger partial charge in [0.2, 0.25) is 5.91 Å². The molecule has 2 rings (SSSR count). The number of hydrogen-bond acceptors (Lipinski definition) is 2. The summed E-state index contributed by atoms with van der Waals surface area (Å²) in [5, 5.41) is 5.50. The number of rotatable bonds is 10. The molecule has 0 spiro atoms. The van der Waals surface area contributed by atoms with Crippen LogP contribution in [-0.2, 0) is 4.79 Å². The summed E-state index contributed by atoms with van der Waals surface area (Å²) < 4.78 is 0. The van der Waals surface area contributed by atoms with Gasteiger partial charge in [0.15, 0.2) is 0 Å². The first-order chi connectivity index (χ1) is 13.1. The topological polar surface area (TPSA) is 84.2 Å². The van der Waals surface area contributed by atoms with E-state index in [0.717, 1.165) is 19.3 Å². The molecule has 0 radical (unpaired) electrons. The summed E-state index contributed by atoms with van der Waals surface area (Å²) in [5.41, 5.74) is 7.64. The fourth-order valence-electron chi connectivity index (χ4n) is 3.21. The van der Waals surface area contributed by atoms with Gasteiger partial charge < -0.3 is 16.4 Å². The second-order valence-corrected chi connectivity index (χ2v) is 6.66. The van der Waals surface area contributed by atoms with Gasteiger partial charge in [0.1, 0.15) is 6.04 Å². The Morgan fingerprint density at radius 1 is 0.926 bits per heavy atom. The molecular weight excluding hydrogens is 338 g/mol. The first-order valence-corrected chi connectivity index (χ1v) is 9.55. The van der Waals surface area contributed by atoms with Gasteiger partial charge in [0.05, 0.1) is 0 Å². The van der Waals surface area contributed by atoms with Gasteiger partial charge in [-0.15, -0.1) is 0 Å². The highest BCUT2D eigenvalue weighted by molar-refractivity contribution is 5.86. The summed E-state index contributed by atoms with van der Waals surface area (Å²) in [7, 11) is 0. The third-order valence-corrected chi connectivity index (χ3v) is 4.62. The van der Waals surface area contributed by atoms with Crippen LogP contribution >= 0.6 is 0 Å². The highest BCUT2D eigenvalue weighted by atomic mass is 16.2. The first kappa shape index (κ1) is 20.5. The van der Waals surface area contributed by atoms with Crippen molar-refractivity contribution in [3.05, 3.63) is 71.8 Å². The highest BCUT2D eigenvalue weighted by Gasteiger charge is 2.20. The Hall–Kier alpha value is -2.82. The van der Waals surface area contributed by atoms with Crippen molar-refractivity contribution in [3.63, 3.8) is 0 Å². The van der Waals surface area contributed by atoms with Crippen molar-refractivity contribution in [3.8, 4) is 0 Å². The van der Waals surface area contributed by atoms with Gasteiger partial charge in [0, 0.05) is 12.5 Å². The minimum atomic E-state index is -0.669. The van der Waals surface area contributed by atoms with Gasteiger partial charge in [-0.2, -0.15) is 0 Å². The van der Waals surface area contributed by atoms with E-state index in [4.69, 9.17) is 5.73 Å². The molecule has 0 aliphatic carbocycles. The van der Waals surface area contributed by atoms with Crippen molar-refractivity contribution in [2.24, 2.45) is 5.73 Å². The Bertz CT molecular complexity index is 665. The predicted octanol–water partition coefficient (Wildman–Crippen LogP) is 3.55. The van der Waals surface area contributed by atoms with E-state index in [1.165, 1.54) is 11.1 Å². The van der Waals surface area contributed by atoms with Crippen molar-refractivity contribution in [1.29, 1.82) is 0 Å². The number of amides is 3. The molecule has 5 heteroatoms. The molecular formula is C22H29N3O2. The van der Waals surface area contributed by atoms with Gasteiger partial charge >= 0.3 is 6.03 Å². The smallest absolute Gasteiger partial charge is 0.312 e. The zero-order valence-corrected chi connectivity index (χ0v) is 15.9. The van der Waals surface area contributed by atoms with E-state index >= 15 is 0 Å². The molecule has 144 valence electrons. The number of nitrogens with one attached hydrogen (secondary N) is 2. The van der Waals surface area contributed by atoms with E-state index in [2.05, 4.69) is 34.9 Å². The maximum absolute atomic E-state index is 12.5. The minimum Gasteiger partial charge on any atom is -0.354 e. The minimum absolute atomic E-state index is 0.179. The van der Waals surface area contributed by atoms with Crippen molar-refractivity contribution in [1.82, 2.24) is 10.6 Å². The number of benzene rings is 2. The Kier molecular flexibility index (Phi) is 8.36. The van der Waals surface area contributed by atoms with Crippen molar-refractivity contribution in [2.75, 3.05) is 6.54 Å².